The Hall–Kier alpha value is -4.41. The number of hydrogen-bond donors (Lipinski definition) is 3. The van der Waals surface area contributed by atoms with Crippen LogP contribution in [0.25, 0.3) is 11.1 Å². The molecule has 0 aliphatic heterocycles. The zero-order valence-corrected chi connectivity index (χ0v) is 20.2. The van der Waals surface area contributed by atoms with E-state index in [1.807, 2.05) is 48.5 Å². The summed E-state index contributed by atoms with van der Waals surface area (Å²) >= 11 is 0. The lowest BCUT2D eigenvalue weighted by atomic mass is 9.98. The van der Waals surface area contributed by atoms with Crippen molar-refractivity contribution in [3.05, 3.63) is 71.8 Å². The SMILES string of the molecule is O=C(CCc1nncnn1)NCCCCC(NC(=O)OCC1c2ccccc2-c2ccccc21)C(=O)O. The molecule has 1 aromatic heterocycles. The van der Waals surface area contributed by atoms with E-state index >= 15 is 0 Å². The molecule has 3 aromatic rings. The van der Waals surface area contributed by atoms with Gasteiger partial charge in [-0.15, -0.1) is 20.4 Å². The van der Waals surface area contributed by atoms with Gasteiger partial charge in [0, 0.05) is 25.3 Å². The molecule has 37 heavy (non-hydrogen) atoms. The van der Waals surface area contributed by atoms with E-state index in [-0.39, 0.29) is 31.3 Å². The Morgan fingerprint density at radius 3 is 2.24 bits per heavy atom. The first-order valence-electron chi connectivity index (χ1n) is 12.1. The molecule has 4 rings (SSSR count). The number of hydrogen-bond acceptors (Lipinski definition) is 8. The lowest BCUT2D eigenvalue weighted by molar-refractivity contribution is -0.139. The Balaban J connectivity index is 1.18. The number of rotatable bonds is 12. The average Bonchev–Trinajstić information content (AvgIpc) is 3.24. The third kappa shape index (κ3) is 6.84. The van der Waals surface area contributed by atoms with E-state index in [2.05, 4.69) is 31.0 Å². The van der Waals surface area contributed by atoms with Gasteiger partial charge >= 0.3 is 12.1 Å². The van der Waals surface area contributed by atoms with Gasteiger partial charge in [0.15, 0.2) is 12.2 Å². The van der Waals surface area contributed by atoms with Crippen LogP contribution in [0.2, 0.25) is 0 Å². The zero-order chi connectivity index (χ0) is 26.0. The molecule has 1 aliphatic carbocycles. The number of fused-ring (bicyclic) bond motifs is 3. The number of nitrogens with zero attached hydrogens (tertiary/aromatic N) is 4. The van der Waals surface area contributed by atoms with E-state index in [9.17, 15) is 19.5 Å². The van der Waals surface area contributed by atoms with Gasteiger partial charge in [-0.1, -0.05) is 48.5 Å². The Morgan fingerprint density at radius 1 is 0.946 bits per heavy atom. The Labute approximate surface area is 213 Å². The number of benzene rings is 2. The van der Waals surface area contributed by atoms with Crippen molar-refractivity contribution in [3.8, 4) is 11.1 Å². The number of aryl methyl sites for hydroxylation is 1. The van der Waals surface area contributed by atoms with E-state index in [4.69, 9.17) is 4.74 Å². The summed E-state index contributed by atoms with van der Waals surface area (Å²) in [5, 5.41) is 29.5. The van der Waals surface area contributed by atoms with Gasteiger partial charge in [-0.3, -0.25) is 4.79 Å². The van der Waals surface area contributed by atoms with Gasteiger partial charge in [0.25, 0.3) is 0 Å². The van der Waals surface area contributed by atoms with Gasteiger partial charge in [0.05, 0.1) is 0 Å². The van der Waals surface area contributed by atoms with Crippen molar-refractivity contribution >= 4 is 18.0 Å². The first kappa shape index (κ1) is 25.7. The summed E-state index contributed by atoms with van der Waals surface area (Å²) in [6, 6.07) is 14.9. The summed E-state index contributed by atoms with van der Waals surface area (Å²) in [7, 11) is 0. The summed E-state index contributed by atoms with van der Waals surface area (Å²) < 4.78 is 5.45. The Bertz CT molecular complexity index is 1190. The standard InChI is InChI=1S/C26H28N6O5/c33-24(13-12-23-31-28-16-29-32-23)27-14-6-5-11-22(25(34)35)30-26(36)37-15-21-19-9-3-1-7-17(19)18-8-2-4-10-20(18)21/h1-4,7-10,16,21-22H,5-6,11-15H2,(H,27,33)(H,30,36)(H,34,35). The van der Waals surface area contributed by atoms with E-state index in [1.54, 1.807) is 0 Å². The number of nitrogens with one attached hydrogen (secondary N) is 2. The minimum atomic E-state index is -1.14. The number of aliphatic carboxylic acids is 1. The molecule has 3 N–H and O–H groups in total. The fraction of sp³-hybridized carbons (Fsp3) is 0.346. The van der Waals surface area contributed by atoms with Gasteiger partial charge < -0.3 is 20.5 Å². The topological polar surface area (TPSA) is 156 Å². The van der Waals surface area contributed by atoms with Crippen LogP contribution in [0.3, 0.4) is 0 Å². The highest BCUT2D eigenvalue weighted by molar-refractivity contribution is 5.81. The Morgan fingerprint density at radius 2 is 1.59 bits per heavy atom. The maximum absolute atomic E-state index is 12.4. The van der Waals surface area contributed by atoms with Gasteiger partial charge in [0.2, 0.25) is 5.91 Å². The van der Waals surface area contributed by atoms with Crippen LogP contribution in [0, 0.1) is 0 Å². The number of carbonyl (C=O) groups is 3. The van der Waals surface area contributed by atoms with Crippen LogP contribution in [0.4, 0.5) is 4.79 Å². The molecule has 0 saturated heterocycles. The maximum atomic E-state index is 12.4. The molecule has 11 nitrogen and oxygen atoms in total. The van der Waals surface area contributed by atoms with Crippen LogP contribution in [0.5, 0.6) is 0 Å². The summed E-state index contributed by atoms with van der Waals surface area (Å²) in [5.41, 5.74) is 4.39. The van der Waals surface area contributed by atoms with Gasteiger partial charge in [-0.2, -0.15) is 0 Å². The summed E-state index contributed by atoms with van der Waals surface area (Å²) in [6.45, 7) is 0.501. The average molecular weight is 505 g/mol. The highest BCUT2D eigenvalue weighted by Crippen LogP contribution is 2.44. The number of unbranched alkanes of at least 4 members (excludes halogenated alkanes) is 1. The lowest BCUT2D eigenvalue weighted by Crippen LogP contribution is -2.41. The summed E-state index contributed by atoms with van der Waals surface area (Å²) in [6.07, 6.45) is 2.26. The fourth-order valence-corrected chi connectivity index (χ4v) is 4.38. The molecule has 2 amide bonds. The molecule has 0 bridgehead atoms. The van der Waals surface area contributed by atoms with Crippen LogP contribution < -0.4 is 10.6 Å². The smallest absolute Gasteiger partial charge is 0.407 e. The molecule has 0 fully saturated rings. The van der Waals surface area contributed by atoms with Crippen molar-refractivity contribution in [1.29, 1.82) is 0 Å². The highest BCUT2D eigenvalue weighted by atomic mass is 16.5. The summed E-state index contributed by atoms with van der Waals surface area (Å²) in [5.74, 6) is -1.02. The molecular formula is C26H28N6O5. The van der Waals surface area contributed by atoms with Gasteiger partial charge in [-0.05, 0) is 41.5 Å². The lowest BCUT2D eigenvalue weighted by Gasteiger charge is -2.17. The van der Waals surface area contributed by atoms with E-state index in [0.29, 0.717) is 31.6 Å². The number of carbonyl (C=O) groups excluding carboxylic acids is 2. The number of carboxylic acids is 1. The number of alkyl carbamates (subject to hydrolysis) is 1. The van der Waals surface area contributed by atoms with Crippen molar-refractivity contribution in [2.24, 2.45) is 0 Å². The highest BCUT2D eigenvalue weighted by Gasteiger charge is 2.29. The van der Waals surface area contributed by atoms with Crippen molar-refractivity contribution in [3.63, 3.8) is 0 Å². The second-order valence-corrected chi connectivity index (χ2v) is 8.67. The third-order valence-electron chi connectivity index (χ3n) is 6.20. The predicted molar refractivity (Wildman–Crippen MR) is 132 cm³/mol. The molecule has 1 heterocycles. The second kappa shape index (κ2) is 12.5. The second-order valence-electron chi connectivity index (χ2n) is 8.67. The molecule has 1 aliphatic rings. The molecule has 0 saturated carbocycles. The van der Waals surface area contributed by atoms with E-state index in [1.165, 1.54) is 6.33 Å². The van der Waals surface area contributed by atoms with Gasteiger partial charge in [0.1, 0.15) is 12.6 Å². The zero-order valence-electron chi connectivity index (χ0n) is 20.2. The largest absolute Gasteiger partial charge is 0.480 e. The molecule has 192 valence electrons. The molecular weight excluding hydrogens is 476 g/mol. The number of ether oxygens (including phenoxy) is 1. The van der Waals surface area contributed by atoms with Crippen LogP contribution in [-0.2, 0) is 20.7 Å². The Kier molecular flexibility index (Phi) is 8.69. The first-order chi connectivity index (χ1) is 18.0. The predicted octanol–water partition coefficient (Wildman–Crippen LogP) is 2.48. The number of aromatic nitrogens is 4. The normalized spacial score (nSPS) is 12.8. The van der Waals surface area contributed by atoms with Crippen molar-refractivity contribution in [2.45, 2.75) is 44.1 Å². The molecule has 0 spiro atoms. The van der Waals surface area contributed by atoms with Crippen molar-refractivity contribution < 1.29 is 24.2 Å². The minimum Gasteiger partial charge on any atom is -0.480 e. The first-order valence-corrected chi connectivity index (χ1v) is 12.1. The van der Waals surface area contributed by atoms with Crippen LogP contribution in [0.1, 0.15) is 48.6 Å². The molecule has 11 heteroatoms. The van der Waals surface area contributed by atoms with Crippen molar-refractivity contribution in [1.82, 2.24) is 31.0 Å². The monoisotopic (exact) mass is 504 g/mol. The van der Waals surface area contributed by atoms with E-state index in [0.717, 1.165) is 22.3 Å². The number of carboxylic acid groups (broad SMARTS) is 1. The van der Waals surface area contributed by atoms with Crippen molar-refractivity contribution in [2.75, 3.05) is 13.2 Å². The molecule has 1 unspecified atom stereocenters. The fourth-order valence-electron chi connectivity index (χ4n) is 4.38. The van der Waals surface area contributed by atoms with Gasteiger partial charge in [-0.25, -0.2) is 9.59 Å². The third-order valence-corrected chi connectivity index (χ3v) is 6.20. The van der Waals surface area contributed by atoms with Crippen LogP contribution >= 0.6 is 0 Å². The van der Waals surface area contributed by atoms with Crippen LogP contribution in [0.15, 0.2) is 54.9 Å². The molecule has 0 radical (unpaired) electrons. The summed E-state index contributed by atoms with van der Waals surface area (Å²) in [4.78, 5) is 36.0. The molecule has 1 atom stereocenters. The maximum Gasteiger partial charge on any atom is 0.407 e. The quantitative estimate of drug-likeness (QED) is 0.315. The number of amides is 2. The molecule has 2 aromatic carbocycles. The van der Waals surface area contributed by atoms with E-state index < -0.39 is 18.1 Å². The minimum absolute atomic E-state index is 0.106. The van der Waals surface area contributed by atoms with Crippen LogP contribution in [-0.4, -0.2) is 62.7 Å².